The molecule has 2 aromatic rings. The Morgan fingerprint density at radius 2 is 2.20 bits per heavy atom. The van der Waals surface area contributed by atoms with Crippen LogP contribution in [0.15, 0.2) is 35.2 Å². The molecule has 2 unspecified atom stereocenters. The molecule has 1 aromatic carbocycles. The summed E-state index contributed by atoms with van der Waals surface area (Å²) < 4.78 is 11.1. The van der Waals surface area contributed by atoms with Gasteiger partial charge in [0.05, 0.1) is 35.4 Å². The topological polar surface area (TPSA) is 76.1 Å². The minimum absolute atomic E-state index is 0.0420. The van der Waals surface area contributed by atoms with Crippen LogP contribution in [0.25, 0.3) is 5.76 Å². The summed E-state index contributed by atoms with van der Waals surface area (Å²) in [4.78, 5) is 28.3. The Bertz CT molecular complexity index is 1010. The number of amides is 1. The van der Waals surface area contributed by atoms with Gasteiger partial charge in [0.1, 0.15) is 11.5 Å². The maximum Gasteiger partial charge on any atom is 0.295 e. The Morgan fingerprint density at radius 3 is 2.83 bits per heavy atom. The van der Waals surface area contributed by atoms with E-state index in [9.17, 15) is 14.7 Å². The zero-order valence-electron chi connectivity index (χ0n) is 16.7. The van der Waals surface area contributed by atoms with Gasteiger partial charge in [-0.2, -0.15) is 0 Å². The summed E-state index contributed by atoms with van der Waals surface area (Å²) in [7, 11) is 1.44. The number of hydrogen-bond donors (Lipinski definition) is 1. The first-order valence-electron chi connectivity index (χ1n) is 9.70. The lowest BCUT2D eigenvalue weighted by Gasteiger charge is -2.26. The Kier molecular flexibility index (Phi) is 5.86. The molecule has 2 atom stereocenters. The predicted octanol–water partition coefficient (Wildman–Crippen LogP) is 4.32. The van der Waals surface area contributed by atoms with Crippen molar-refractivity contribution in [2.45, 2.75) is 31.9 Å². The van der Waals surface area contributed by atoms with Crippen molar-refractivity contribution in [2.75, 3.05) is 20.3 Å². The highest BCUT2D eigenvalue weighted by atomic mass is 35.5. The molecule has 3 heterocycles. The summed E-state index contributed by atoms with van der Waals surface area (Å²) in [5.74, 6) is -1.38. The number of carbonyl (C=O) groups excluding carboxylic acids is 2. The quantitative estimate of drug-likeness (QED) is 0.419. The van der Waals surface area contributed by atoms with E-state index < -0.39 is 17.7 Å². The van der Waals surface area contributed by atoms with Crippen molar-refractivity contribution in [3.05, 3.63) is 56.2 Å². The standard InChI is InChI=1S/C22H22ClNO5S/c1-12-9-14(21(28-2)15(23)10-12)19(25)17-18(16-6-4-8-30-16)24(22(27)20(17)26)11-13-5-3-7-29-13/h4,6,8-10,13,18,25H,3,5,7,11H2,1-2H3/b19-17-. The van der Waals surface area contributed by atoms with Crippen molar-refractivity contribution < 1.29 is 24.2 Å². The molecule has 1 amide bonds. The van der Waals surface area contributed by atoms with E-state index in [4.69, 9.17) is 21.1 Å². The number of rotatable bonds is 5. The smallest absolute Gasteiger partial charge is 0.295 e. The van der Waals surface area contributed by atoms with Gasteiger partial charge >= 0.3 is 0 Å². The number of carbonyl (C=O) groups is 2. The summed E-state index contributed by atoms with van der Waals surface area (Å²) in [5, 5.41) is 13.4. The highest BCUT2D eigenvalue weighted by Crippen LogP contribution is 2.44. The molecule has 0 radical (unpaired) electrons. The van der Waals surface area contributed by atoms with Crippen molar-refractivity contribution in [1.29, 1.82) is 0 Å². The van der Waals surface area contributed by atoms with Crippen LogP contribution in [-0.4, -0.2) is 48.1 Å². The Balaban J connectivity index is 1.86. The van der Waals surface area contributed by atoms with E-state index in [1.807, 2.05) is 24.4 Å². The molecule has 0 saturated carbocycles. The number of benzene rings is 1. The fourth-order valence-corrected chi connectivity index (χ4v) is 5.27. The van der Waals surface area contributed by atoms with Crippen LogP contribution >= 0.6 is 22.9 Å². The van der Waals surface area contributed by atoms with E-state index in [0.717, 1.165) is 23.3 Å². The van der Waals surface area contributed by atoms with Gasteiger partial charge in [-0.25, -0.2) is 0 Å². The van der Waals surface area contributed by atoms with Crippen LogP contribution in [0.4, 0.5) is 0 Å². The summed E-state index contributed by atoms with van der Waals surface area (Å²) in [5.41, 5.74) is 1.13. The van der Waals surface area contributed by atoms with Gasteiger partial charge in [0, 0.05) is 18.0 Å². The summed E-state index contributed by atoms with van der Waals surface area (Å²) in [6, 6.07) is 6.44. The van der Waals surface area contributed by atoms with Gasteiger partial charge in [0.25, 0.3) is 11.7 Å². The highest BCUT2D eigenvalue weighted by Gasteiger charge is 2.47. The number of aliphatic hydroxyl groups is 1. The molecular weight excluding hydrogens is 426 g/mol. The van der Waals surface area contributed by atoms with Crippen LogP contribution in [0.5, 0.6) is 5.75 Å². The number of Topliss-reactive ketones (excluding diaryl/α,β-unsaturated/α-hetero) is 1. The Morgan fingerprint density at radius 1 is 1.40 bits per heavy atom. The molecule has 158 valence electrons. The lowest BCUT2D eigenvalue weighted by atomic mass is 9.98. The molecule has 1 N–H and O–H groups in total. The van der Waals surface area contributed by atoms with Crippen LogP contribution in [-0.2, 0) is 14.3 Å². The maximum atomic E-state index is 13.1. The monoisotopic (exact) mass is 447 g/mol. The zero-order valence-corrected chi connectivity index (χ0v) is 18.3. The molecule has 0 aliphatic carbocycles. The largest absolute Gasteiger partial charge is 0.507 e. The van der Waals surface area contributed by atoms with Gasteiger partial charge in [-0.15, -0.1) is 11.3 Å². The average molecular weight is 448 g/mol. The van der Waals surface area contributed by atoms with E-state index in [1.54, 1.807) is 12.1 Å². The molecule has 2 aliphatic heterocycles. The zero-order chi connectivity index (χ0) is 21.4. The third-order valence-corrected chi connectivity index (χ3v) is 6.63. The highest BCUT2D eigenvalue weighted by molar-refractivity contribution is 7.10. The fraction of sp³-hybridized carbons (Fsp3) is 0.364. The van der Waals surface area contributed by atoms with Crippen molar-refractivity contribution in [3.63, 3.8) is 0 Å². The number of aliphatic hydroxyl groups excluding tert-OH is 1. The molecule has 1 aromatic heterocycles. The summed E-state index contributed by atoms with van der Waals surface area (Å²) in [6.07, 6.45) is 1.65. The minimum Gasteiger partial charge on any atom is -0.507 e. The molecule has 2 fully saturated rings. The molecule has 8 heteroatoms. The SMILES string of the molecule is COc1c(Cl)cc(C)cc1/C(O)=C1/C(=O)C(=O)N(CC2CCCO2)C1c1cccs1. The first-order chi connectivity index (χ1) is 14.4. The number of aryl methyl sites for hydroxylation is 1. The number of ketones is 1. The molecular formula is C22H22ClNO5S. The second kappa shape index (κ2) is 8.41. The number of halogens is 1. The van der Waals surface area contributed by atoms with E-state index in [2.05, 4.69) is 0 Å². The van der Waals surface area contributed by atoms with E-state index in [0.29, 0.717) is 23.7 Å². The van der Waals surface area contributed by atoms with Crippen LogP contribution in [0.3, 0.4) is 0 Å². The van der Waals surface area contributed by atoms with Gasteiger partial charge in [-0.05, 0) is 48.9 Å². The predicted molar refractivity (Wildman–Crippen MR) is 115 cm³/mol. The first-order valence-corrected chi connectivity index (χ1v) is 11.0. The number of likely N-dealkylation sites (tertiary alicyclic amines) is 1. The van der Waals surface area contributed by atoms with E-state index in [-0.39, 0.29) is 23.2 Å². The molecule has 0 spiro atoms. The van der Waals surface area contributed by atoms with E-state index in [1.165, 1.54) is 23.3 Å². The van der Waals surface area contributed by atoms with Gasteiger partial charge in [-0.3, -0.25) is 9.59 Å². The van der Waals surface area contributed by atoms with Crippen LogP contribution in [0.2, 0.25) is 5.02 Å². The van der Waals surface area contributed by atoms with Gasteiger partial charge < -0.3 is 19.5 Å². The van der Waals surface area contributed by atoms with Gasteiger partial charge in [-0.1, -0.05) is 17.7 Å². The second-order valence-corrected chi connectivity index (χ2v) is 8.82. The minimum atomic E-state index is -0.719. The lowest BCUT2D eigenvalue weighted by Crippen LogP contribution is -2.36. The normalized spacial score (nSPS) is 23.4. The number of thiophene rings is 1. The molecule has 2 aliphatic rings. The van der Waals surface area contributed by atoms with Gasteiger partial charge in [0.2, 0.25) is 0 Å². The third-order valence-electron chi connectivity index (χ3n) is 5.42. The first kappa shape index (κ1) is 20.9. The lowest BCUT2D eigenvalue weighted by molar-refractivity contribution is -0.140. The van der Waals surface area contributed by atoms with Gasteiger partial charge in [0.15, 0.2) is 0 Å². The van der Waals surface area contributed by atoms with Crippen LogP contribution in [0.1, 0.15) is 34.9 Å². The Labute approximate surface area is 183 Å². The Hall–Kier alpha value is -2.35. The maximum absolute atomic E-state index is 13.1. The molecule has 30 heavy (non-hydrogen) atoms. The van der Waals surface area contributed by atoms with Crippen molar-refractivity contribution in [3.8, 4) is 5.75 Å². The van der Waals surface area contributed by atoms with Crippen LogP contribution < -0.4 is 4.74 Å². The number of ether oxygens (including phenoxy) is 2. The number of nitrogens with zero attached hydrogens (tertiary/aromatic N) is 1. The fourth-order valence-electron chi connectivity index (χ4n) is 4.08. The molecule has 2 saturated heterocycles. The average Bonchev–Trinajstić information content (AvgIpc) is 3.46. The van der Waals surface area contributed by atoms with E-state index >= 15 is 0 Å². The molecule has 0 bridgehead atoms. The second-order valence-electron chi connectivity index (χ2n) is 7.43. The summed E-state index contributed by atoms with van der Waals surface area (Å²) >= 11 is 7.72. The number of methoxy groups -OCH3 is 1. The van der Waals surface area contributed by atoms with Crippen molar-refractivity contribution in [2.24, 2.45) is 0 Å². The number of hydrogen-bond acceptors (Lipinski definition) is 6. The molecule has 6 nitrogen and oxygen atoms in total. The van der Waals surface area contributed by atoms with Crippen LogP contribution in [0, 0.1) is 6.92 Å². The summed E-state index contributed by atoms with van der Waals surface area (Å²) in [6.45, 7) is 2.78. The molecule has 4 rings (SSSR count). The third kappa shape index (κ3) is 3.62. The van der Waals surface area contributed by atoms with Crippen molar-refractivity contribution >= 4 is 40.4 Å². The van der Waals surface area contributed by atoms with Crippen molar-refractivity contribution in [1.82, 2.24) is 4.90 Å².